The van der Waals surface area contributed by atoms with Crippen molar-refractivity contribution < 1.29 is 4.94 Å². The smallest absolute Gasteiger partial charge is 0.138 e. The molecule has 0 saturated heterocycles. The summed E-state index contributed by atoms with van der Waals surface area (Å²) in [6.45, 7) is 9.15. The first-order valence-corrected chi connectivity index (χ1v) is 21.0. The van der Waals surface area contributed by atoms with Gasteiger partial charge in [-0.3, -0.25) is 4.57 Å². The Morgan fingerprint density at radius 1 is 0.500 bits per heavy atom. The molecule has 60 heavy (non-hydrogen) atoms. The Balaban J connectivity index is 1.24. The Hall–Kier alpha value is -6.95. The first kappa shape index (κ1) is 37.3. The molecule has 0 fully saturated rings. The fraction of sp³-hybridized carbons (Fsp3) is 0.145. The first-order chi connectivity index (χ1) is 29.3. The Labute approximate surface area is 352 Å². The molecule has 0 radical (unpaired) electrons. The average Bonchev–Trinajstić information content (AvgIpc) is 3.81. The lowest BCUT2D eigenvalue weighted by Crippen LogP contribution is -2.31. The van der Waals surface area contributed by atoms with E-state index in [1.165, 1.54) is 44.2 Å². The predicted octanol–water partition coefficient (Wildman–Crippen LogP) is 13.9. The van der Waals surface area contributed by atoms with Gasteiger partial charge in [0.2, 0.25) is 0 Å². The van der Waals surface area contributed by atoms with Gasteiger partial charge in [-0.2, -0.15) is 5.06 Å². The van der Waals surface area contributed by atoms with Crippen LogP contribution in [-0.2, 0) is 10.4 Å². The summed E-state index contributed by atoms with van der Waals surface area (Å²) in [7, 11) is 1.95. The summed E-state index contributed by atoms with van der Waals surface area (Å²) in [6, 6.07) is 66.0. The molecule has 0 spiro atoms. The van der Waals surface area contributed by atoms with Crippen molar-refractivity contribution in [2.24, 2.45) is 0 Å². The van der Waals surface area contributed by atoms with E-state index in [9.17, 15) is 0 Å². The zero-order valence-electron chi connectivity index (χ0n) is 34.7. The van der Waals surface area contributed by atoms with Crippen molar-refractivity contribution in [3.05, 3.63) is 222 Å². The van der Waals surface area contributed by atoms with Crippen LogP contribution < -0.4 is 10.1 Å². The number of aromatic nitrogens is 2. The van der Waals surface area contributed by atoms with Crippen molar-refractivity contribution in [2.75, 3.05) is 17.2 Å². The molecule has 0 bridgehead atoms. The number of benzene rings is 7. The van der Waals surface area contributed by atoms with E-state index in [1.807, 2.05) is 29.4 Å². The van der Waals surface area contributed by atoms with Crippen LogP contribution in [0.2, 0.25) is 0 Å². The molecule has 7 aromatic carbocycles. The van der Waals surface area contributed by atoms with Crippen molar-refractivity contribution in [3.63, 3.8) is 0 Å². The van der Waals surface area contributed by atoms with Gasteiger partial charge < -0.3 is 0 Å². The van der Waals surface area contributed by atoms with Crippen LogP contribution in [0.25, 0.3) is 38.8 Å². The Morgan fingerprint density at radius 3 is 1.78 bits per heavy atom. The van der Waals surface area contributed by atoms with E-state index in [4.69, 9.17) is 9.92 Å². The lowest BCUT2D eigenvalue weighted by Gasteiger charge is -2.37. The van der Waals surface area contributed by atoms with Gasteiger partial charge in [-0.15, -0.1) is 4.94 Å². The molecule has 2 aromatic heterocycles. The zero-order valence-corrected chi connectivity index (χ0v) is 34.7. The van der Waals surface area contributed by atoms with Crippen molar-refractivity contribution in [2.45, 2.75) is 44.9 Å². The monoisotopic (exact) mass is 780 g/mol. The molecule has 0 unspecified atom stereocenters. The molecule has 1 aliphatic heterocycles. The molecule has 9 aromatic rings. The summed E-state index contributed by atoms with van der Waals surface area (Å²) in [5.41, 5.74) is 14.3. The topological polar surface area (TPSA) is 33.5 Å². The van der Waals surface area contributed by atoms with Crippen LogP contribution in [0.3, 0.4) is 0 Å². The van der Waals surface area contributed by atoms with Crippen LogP contribution in [-0.4, -0.2) is 16.6 Å². The third kappa shape index (κ3) is 6.00. The number of rotatable bonds is 9. The standard InChI is InChI=1S/C55H48N4O/c1-37(2)45-25-17-26-46(38(3)4)54(45)39-32-33-56-53(34-39)58-49-27-13-12-24-47(49)48-31-30-43(36-52(48)58)55(40-18-8-6-9-19-40,41-20-10-7-11-21-41)42-22-16-23-44(35-42)59-51-29-15-14-28-50(51)57(5)60-59/h6-38H,1-5H3. The number of hydrogen-bond donors (Lipinski definition) is 0. The van der Waals surface area contributed by atoms with Crippen LogP contribution in [0.5, 0.6) is 0 Å². The van der Waals surface area contributed by atoms with E-state index in [0.29, 0.717) is 11.8 Å². The molecule has 5 heteroatoms. The van der Waals surface area contributed by atoms with Crippen LogP contribution >= 0.6 is 0 Å². The zero-order chi connectivity index (χ0) is 41.0. The highest BCUT2D eigenvalue weighted by atomic mass is 16.8. The lowest BCUT2D eigenvalue weighted by atomic mass is 9.65. The largest absolute Gasteiger partial charge is 0.294 e. The van der Waals surface area contributed by atoms with E-state index in [1.54, 1.807) is 0 Å². The summed E-state index contributed by atoms with van der Waals surface area (Å²) in [4.78, 5) is 11.5. The van der Waals surface area contributed by atoms with E-state index >= 15 is 0 Å². The summed E-state index contributed by atoms with van der Waals surface area (Å²) >= 11 is 0. The molecule has 0 N–H and O–H groups in total. The number of pyridine rings is 1. The van der Waals surface area contributed by atoms with Crippen LogP contribution in [0, 0.1) is 0 Å². The number of nitrogens with zero attached hydrogens (tertiary/aromatic N) is 4. The number of hydroxylamine groups is 1. The molecule has 0 atom stereocenters. The van der Waals surface area contributed by atoms with E-state index in [0.717, 1.165) is 45.0 Å². The third-order valence-electron chi connectivity index (χ3n) is 12.3. The normalized spacial score (nSPS) is 12.9. The van der Waals surface area contributed by atoms with Gasteiger partial charge in [0.15, 0.2) is 0 Å². The average molecular weight is 781 g/mol. The molecule has 5 nitrogen and oxygen atoms in total. The molecular formula is C55H48N4O. The second kappa shape index (κ2) is 15.0. The number of para-hydroxylation sites is 3. The summed E-state index contributed by atoms with van der Waals surface area (Å²) in [6.07, 6.45) is 1.98. The molecule has 1 aliphatic rings. The van der Waals surface area contributed by atoms with E-state index in [-0.39, 0.29) is 0 Å². The Bertz CT molecular complexity index is 2940. The highest BCUT2D eigenvalue weighted by Crippen LogP contribution is 2.49. The highest BCUT2D eigenvalue weighted by Gasteiger charge is 2.40. The molecule has 3 heterocycles. The minimum Gasteiger partial charge on any atom is -0.294 e. The quantitative estimate of drug-likeness (QED) is 0.137. The molecular weight excluding hydrogens is 733 g/mol. The maximum Gasteiger partial charge on any atom is 0.138 e. The second-order valence-electron chi connectivity index (χ2n) is 16.5. The predicted molar refractivity (Wildman–Crippen MR) is 249 cm³/mol. The van der Waals surface area contributed by atoms with Gasteiger partial charge in [0, 0.05) is 24.0 Å². The van der Waals surface area contributed by atoms with Crippen molar-refractivity contribution in [3.8, 4) is 16.9 Å². The Morgan fingerprint density at radius 2 is 1.08 bits per heavy atom. The molecule has 0 saturated carbocycles. The molecule has 10 rings (SSSR count). The first-order valence-electron chi connectivity index (χ1n) is 21.0. The van der Waals surface area contributed by atoms with Gasteiger partial charge in [-0.05, 0) is 105 Å². The maximum absolute atomic E-state index is 6.40. The highest BCUT2D eigenvalue weighted by molar-refractivity contribution is 6.09. The fourth-order valence-electron chi connectivity index (χ4n) is 9.57. The fourth-order valence-corrected chi connectivity index (χ4v) is 9.57. The van der Waals surface area contributed by atoms with Gasteiger partial charge in [0.25, 0.3) is 0 Å². The molecule has 294 valence electrons. The summed E-state index contributed by atoms with van der Waals surface area (Å²) < 4.78 is 2.37. The third-order valence-corrected chi connectivity index (χ3v) is 12.3. The van der Waals surface area contributed by atoms with Crippen molar-refractivity contribution in [1.82, 2.24) is 9.55 Å². The van der Waals surface area contributed by atoms with Gasteiger partial charge in [-0.25, -0.2) is 10.0 Å². The SMILES string of the molecule is CC(C)c1cccc(C(C)C)c1-c1ccnc(-n2c3ccccc3c3ccc(C(c4ccccc4)(c4ccccc4)c4cccc(N5ON(C)c6ccccc65)c4)cc32)c1. The summed E-state index contributed by atoms with van der Waals surface area (Å²) in [5, 5.41) is 6.13. The van der Waals surface area contributed by atoms with Gasteiger partial charge >= 0.3 is 0 Å². The van der Waals surface area contributed by atoms with Crippen LogP contribution in [0.15, 0.2) is 188 Å². The van der Waals surface area contributed by atoms with Crippen molar-refractivity contribution in [1.29, 1.82) is 0 Å². The van der Waals surface area contributed by atoms with Crippen LogP contribution in [0.4, 0.5) is 17.1 Å². The molecule has 0 aliphatic carbocycles. The Kier molecular flexibility index (Phi) is 9.34. The van der Waals surface area contributed by atoms with Crippen molar-refractivity contribution >= 4 is 38.9 Å². The number of hydrogen-bond acceptors (Lipinski definition) is 4. The lowest BCUT2D eigenvalue weighted by molar-refractivity contribution is 0.142. The van der Waals surface area contributed by atoms with Gasteiger partial charge in [-0.1, -0.05) is 161 Å². The minimum absolute atomic E-state index is 0.376. The van der Waals surface area contributed by atoms with E-state index in [2.05, 4.69) is 208 Å². The van der Waals surface area contributed by atoms with Gasteiger partial charge in [0.1, 0.15) is 5.82 Å². The minimum atomic E-state index is -0.712. The van der Waals surface area contributed by atoms with Gasteiger partial charge in [0.05, 0.1) is 33.5 Å². The van der Waals surface area contributed by atoms with Crippen LogP contribution in [0.1, 0.15) is 72.9 Å². The second-order valence-corrected chi connectivity index (χ2v) is 16.5. The molecule has 0 amide bonds. The van der Waals surface area contributed by atoms with E-state index < -0.39 is 5.41 Å². The number of fused-ring (bicyclic) bond motifs is 4. The number of anilines is 3. The maximum atomic E-state index is 6.40. The summed E-state index contributed by atoms with van der Waals surface area (Å²) in [5.74, 6) is 1.65.